The Morgan fingerprint density at radius 3 is 1.29 bits per heavy atom. The van der Waals surface area contributed by atoms with E-state index < -0.39 is 25.2 Å². The Balaban J connectivity index is 2.11. The molecular weight excluding hydrogens is 536 g/mol. The van der Waals surface area contributed by atoms with Gasteiger partial charge in [-0.25, -0.2) is 0 Å². The molecule has 0 bridgehead atoms. The summed E-state index contributed by atoms with van der Waals surface area (Å²) in [5, 5.41) is 40.0. The van der Waals surface area contributed by atoms with Crippen molar-refractivity contribution in [2.24, 2.45) is 0 Å². The Kier molecular flexibility index (Phi) is 12.0. The Hall–Kier alpha value is -3.62. The van der Waals surface area contributed by atoms with Crippen LogP contribution in [0.5, 0.6) is 11.5 Å². The highest BCUT2D eigenvalue weighted by atomic mass is 16.6. The fourth-order valence-corrected chi connectivity index (χ4v) is 4.53. The number of aliphatic hydroxyl groups excluding tert-OH is 2. The summed E-state index contributed by atoms with van der Waals surface area (Å²) in [4.78, 5) is 25.5. The second-order valence-electron chi connectivity index (χ2n) is 12.6. The van der Waals surface area contributed by atoms with Crippen molar-refractivity contribution in [3.05, 3.63) is 81.3 Å². The third kappa shape index (κ3) is 9.74. The first-order chi connectivity index (χ1) is 19.5. The number of carbonyl (C=O) groups is 2. The van der Waals surface area contributed by atoms with Crippen molar-refractivity contribution in [1.29, 1.82) is 0 Å². The molecule has 0 atom stereocenters. The van der Waals surface area contributed by atoms with Crippen LogP contribution in [0.25, 0.3) is 0 Å². The number of hydrogen-bond donors (Lipinski definition) is 4. The van der Waals surface area contributed by atoms with E-state index in [4.69, 9.17) is 9.47 Å². The SMILES string of the molecule is Cc1cc(CCC(=O)OC(=CCO)C(=CCO)OC(=O)CCc2cc(C)c(O)c(C(C)(C)C)c2)cc(C(C)(C)C)c1O. The number of rotatable bonds is 11. The molecule has 230 valence electrons. The molecule has 0 aromatic heterocycles. The molecule has 0 aliphatic carbocycles. The van der Waals surface area contributed by atoms with E-state index in [1.165, 1.54) is 12.2 Å². The number of ether oxygens (including phenoxy) is 2. The van der Waals surface area contributed by atoms with Crippen molar-refractivity contribution in [3.63, 3.8) is 0 Å². The Bertz CT molecular complexity index is 1230. The lowest BCUT2D eigenvalue weighted by molar-refractivity contribution is -0.144. The molecule has 0 spiro atoms. The predicted octanol–water partition coefficient (Wildman–Crippen LogP) is 5.71. The van der Waals surface area contributed by atoms with E-state index in [2.05, 4.69) is 0 Å². The van der Waals surface area contributed by atoms with Crippen molar-refractivity contribution < 1.29 is 39.5 Å². The van der Waals surface area contributed by atoms with Crippen LogP contribution in [0.3, 0.4) is 0 Å². The average Bonchev–Trinajstić information content (AvgIpc) is 2.88. The molecule has 2 aromatic rings. The van der Waals surface area contributed by atoms with Crippen LogP contribution in [0.4, 0.5) is 0 Å². The molecule has 4 N–H and O–H groups in total. The number of carbonyl (C=O) groups excluding carboxylic acids is 2. The Morgan fingerprint density at radius 2 is 1.00 bits per heavy atom. The van der Waals surface area contributed by atoms with Gasteiger partial charge in [0, 0.05) is 12.8 Å². The summed E-state index contributed by atoms with van der Waals surface area (Å²) < 4.78 is 10.9. The van der Waals surface area contributed by atoms with E-state index in [0.717, 1.165) is 22.3 Å². The average molecular weight is 583 g/mol. The zero-order valence-corrected chi connectivity index (χ0v) is 26.1. The maximum absolute atomic E-state index is 12.8. The topological polar surface area (TPSA) is 134 Å². The second-order valence-corrected chi connectivity index (χ2v) is 12.6. The van der Waals surface area contributed by atoms with E-state index in [1.54, 1.807) is 13.8 Å². The molecule has 2 aromatic carbocycles. The Labute approximate surface area is 249 Å². The summed E-state index contributed by atoms with van der Waals surface area (Å²) >= 11 is 0. The van der Waals surface area contributed by atoms with Crippen molar-refractivity contribution in [3.8, 4) is 11.5 Å². The summed E-state index contributed by atoms with van der Waals surface area (Å²) in [6, 6.07) is 7.39. The van der Waals surface area contributed by atoms with E-state index in [-0.39, 0.29) is 46.7 Å². The summed E-state index contributed by atoms with van der Waals surface area (Å²) in [5.74, 6) is -1.11. The molecule has 0 amide bonds. The number of aliphatic hydroxyl groups is 2. The van der Waals surface area contributed by atoms with Gasteiger partial charge < -0.3 is 29.9 Å². The lowest BCUT2D eigenvalue weighted by atomic mass is 9.83. The molecule has 42 heavy (non-hydrogen) atoms. The van der Waals surface area contributed by atoms with E-state index >= 15 is 0 Å². The quantitative estimate of drug-likeness (QED) is 0.150. The minimum Gasteiger partial charge on any atom is -0.507 e. The normalized spacial score (nSPS) is 12.8. The van der Waals surface area contributed by atoms with Gasteiger partial charge in [-0.05, 0) is 83.1 Å². The maximum atomic E-state index is 12.8. The molecule has 0 heterocycles. The zero-order valence-electron chi connectivity index (χ0n) is 26.1. The molecule has 0 fully saturated rings. The lowest BCUT2D eigenvalue weighted by Gasteiger charge is -2.22. The fraction of sp³-hybridized carbons (Fsp3) is 0.471. The fourth-order valence-electron chi connectivity index (χ4n) is 4.53. The minimum absolute atomic E-state index is 0.00671. The van der Waals surface area contributed by atoms with Gasteiger partial charge in [-0.15, -0.1) is 0 Å². The molecule has 2 rings (SSSR count). The van der Waals surface area contributed by atoms with Crippen molar-refractivity contribution in [2.75, 3.05) is 13.2 Å². The van der Waals surface area contributed by atoms with Gasteiger partial charge in [0.2, 0.25) is 0 Å². The van der Waals surface area contributed by atoms with Crippen LogP contribution in [-0.4, -0.2) is 45.6 Å². The third-order valence-corrected chi connectivity index (χ3v) is 6.82. The van der Waals surface area contributed by atoms with Crippen molar-refractivity contribution in [2.45, 2.75) is 91.9 Å². The molecule has 0 aliphatic heterocycles. The van der Waals surface area contributed by atoms with Gasteiger partial charge in [0.15, 0.2) is 11.5 Å². The molecule has 0 aliphatic rings. The van der Waals surface area contributed by atoms with Crippen LogP contribution >= 0.6 is 0 Å². The monoisotopic (exact) mass is 582 g/mol. The van der Waals surface area contributed by atoms with Gasteiger partial charge in [-0.3, -0.25) is 9.59 Å². The van der Waals surface area contributed by atoms with E-state index in [9.17, 15) is 30.0 Å². The van der Waals surface area contributed by atoms with Crippen LogP contribution < -0.4 is 0 Å². The van der Waals surface area contributed by atoms with Crippen molar-refractivity contribution >= 4 is 11.9 Å². The van der Waals surface area contributed by atoms with E-state index in [0.29, 0.717) is 24.0 Å². The van der Waals surface area contributed by atoms with Crippen LogP contribution in [0.15, 0.2) is 47.9 Å². The van der Waals surface area contributed by atoms with Crippen molar-refractivity contribution in [1.82, 2.24) is 0 Å². The molecule has 0 unspecified atom stereocenters. The number of phenols is 2. The standard InChI is InChI=1S/C34H46O8/c1-21-17-23(19-25(31(21)39)33(3,4)5)9-11-29(37)41-27(13-15-35)28(14-16-36)42-30(38)12-10-24-18-22(2)32(40)26(20-24)34(6,7)8/h13-14,17-20,35-36,39-40H,9-12,15-16H2,1-8H3. The number of benzene rings is 2. The van der Waals surface area contributed by atoms with Gasteiger partial charge in [0.25, 0.3) is 0 Å². The first kappa shape index (κ1) is 34.6. The smallest absolute Gasteiger partial charge is 0.311 e. The van der Waals surface area contributed by atoms with Gasteiger partial charge >= 0.3 is 11.9 Å². The summed E-state index contributed by atoms with van der Waals surface area (Å²) in [6.45, 7) is 14.6. The number of aromatic hydroxyl groups is 2. The largest absolute Gasteiger partial charge is 0.507 e. The van der Waals surface area contributed by atoms with Gasteiger partial charge in [-0.1, -0.05) is 65.8 Å². The Morgan fingerprint density at radius 1 is 0.667 bits per heavy atom. The third-order valence-electron chi connectivity index (χ3n) is 6.82. The molecule has 0 saturated carbocycles. The maximum Gasteiger partial charge on any atom is 0.311 e. The molecule has 8 heteroatoms. The highest BCUT2D eigenvalue weighted by Crippen LogP contribution is 2.35. The highest BCUT2D eigenvalue weighted by Gasteiger charge is 2.23. The van der Waals surface area contributed by atoms with E-state index in [1.807, 2.05) is 65.8 Å². The van der Waals surface area contributed by atoms with Gasteiger partial charge in [0.1, 0.15) is 11.5 Å². The number of phenolic OH excluding ortho intramolecular Hbond substituents is 2. The van der Waals surface area contributed by atoms with Gasteiger partial charge in [0.05, 0.1) is 13.2 Å². The van der Waals surface area contributed by atoms with Crippen LogP contribution in [-0.2, 0) is 42.7 Å². The molecule has 8 nitrogen and oxygen atoms in total. The number of esters is 2. The minimum atomic E-state index is -0.619. The first-order valence-corrected chi connectivity index (χ1v) is 14.2. The molecule has 0 radical (unpaired) electrons. The second kappa shape index (κ2) is 14.5. The lowest BCUT2D eigenvalue weighted by Crippen LogP contribution is -2.15. The molecular formula is C34H46O8. The van der Waals surface area contributed by atoms with Gasteiger partial charge in [-0.2, -0.15) is 0 Å². The summed E-state index contributed by atoms with van der Waals surface area (Å²) in [6.07, 6.45) is 3.05. The first-order valence-electron chi connectivity index (χ1n) is 14.2. The summed E-state index contributed by atoms with van der Waals surface area (Å²) in [7, 11) is 0. The van der Waals surface area contributed by atoms with Crippen LogP contribution in [0, 0.1) is 13.8 Å². The zero-order chi connectivity index (χ0) is 31.8. The number of aryl methyl sites for hydroxylation is 4. The summed E-state index contributed by atoms with van der Waals surface area (Å²) in [5.41, 5.74) is 4.13. The van der Waals surface area contributed by atoms with Crippen LogP contribution in [0.2, 0.25) is 0 Å². The predicted molar refractivity (Wildman–Crippen MR) is 162 cm³/mol. The van der Waals surface area contributed by atoms with Crippen LogP contribution in [0.1, 0.15) is 87.8 Å². The number of hydrogen-bond acceptors (Lipinski definition) is 8. The highest BCUT2D eigenvalue weighted by molar-refractivity contribution is 5.74. The molecule has 0 saturated heterocycles.